The first-order valence-electron chi connectivity index (χ1n) is 6.57. The number of carbonyl (C=O) groups is 1. The van der Waals surface area contributed by atoms with Crippen LogP contribution in [0.5, 0.6) is 5.75 Å². The van der Waals surface area contributed by atoms with Gasteiger partial charge >= 0.3 is 0 Å². The van der Waals surface area contributed by atoms with Crippen LogP contribution >= 0.6 is 0 Å². The van der Waals surface area contributed by atoms with Crippen molar-refractivity contribution < 1.29 is 14.6 Å². The van der Waals surface area contributed by atoms with E-state index in [-0.39, 0.29) is 13.2 Å². The van der Waals surface area contributed by atoms with E-state index in [9.17, 15) is 4.79 Å². The number of carbonyl (C=O) groups excluding carboxylic acids is 1. The average molecular weight is 264 g/mol. The Balaban J connectivity index is 1.93. The summed E-state index contributed by atoms with van der Waals surface area (Å²) in [6.07, 6.45) is 2.71. The van der Waals surface area contributed by atoms with Crippen molar-refractivity contribution in [3.05, 3.63) is 29.8 Å². The molecular formula is C14H20N2O3. The number of aliphatic hydroxyl groups is 1. The maximum Gasteiger partial charge on any atom is 0.238 e. The summed E-state index contributed by atoms with van der Waals surface area (Å²) < 4.78 is 5.67. The number of para-hydroxylation sites is 1. The summed E-state index contributed by atoms with van der Waals surface area (Å²) in [6.45, 7) is 0.286. The molecule has 0 radical (unpaired) electrons. The first-order valence-corrected chi connectivity index (χ1v) is 6.57. The van der Waals surface area contributed by atoms with Crippen molar-refractivity contribution in [2.75, 3.05) is 13.2 Å². The second-order valence-corrected chi connectivity index (χ2v) is 4.79. The lowest BCUT2D eigenvalue weighted by atomic mass is 10.1. The number of hydrogen-bond donors (Lipinski definition) is 3. The summed E-state index contributed by atoms with van der Waals surface area (Å²) >= 11 is 0. The normalized spacial score (nSPS) is 16.1. The van der Waals surface area contributed by atoms with Crippen molar-refractivity contribution in [2.45, 2.75) is 31.3 Å². The third-order valence-electron chi connectivity index (χ3n) is 3.12. The Hall–Kier alpha value is -1.59. The number of benzene rings is 1. The minimum atomic E-state index is -0.463. The molecule has 5 nitrogen and oxygen atoms in total. The lowest BCUT2D eigenvalue weighted by Crippen LogP contribution is -2.46. The van der Waals surface area contributed by atoms with E-state index in [0.29, 0.717) is 18.2 Å². The fraction of sp³-hybridized carbons (Fsp3) is 0.500. The predicted molar refractivity (Wildman–Crippen MR) is 71.9 cm³/mol. The molecule has 4 N–H and O–H groups in total. The van der Waals surface area contributed by atoms with E-state index in [1.165, 1.54) is 0 Å². The van der Waals surface area contributed by atoms with Crippen LogP contribution in [0.3, 0.4) is 0 Å². The number of aliphatic hydroxyl groups excluding tert-OH is 1. The van der Waals surface area contributed by atoms with Gasteiger partial charge in [-0.2, -0.15) is 0 Å². The first-order chi connectivity index (χ1) is 9.20. The molecule has 1 aromatic rings. The van der Waals surface area contributed by atoms with Crippen LogP contribution in [0.15, 0.2) is 24.3 Å². The molecule has 1 amide bonds. The van der Waals surface area contributed by atoms with Gasteiger partial charge in [-0.25, -0.2) is 0 Å². The van der Waals surface area contributed by atoms with Crippen LogP contribution in [0.2, 0.25) is 0 Å². The minimum absolute atomic E-state index is 0.0694. The molecule has 5 heteroatoms. The Morgan fingerprint density at radius 2 is 2.21 bits per heavy atom. The zero-order valence-corrected chi connectivity index (χ0v) is 10.8. The molecule has 1 aromatic carbocycles. The van der Waals surface area contributed by atoms with Gasteiger partial charge in [-0.3, -0.25) is 4.79 Å². The standard InChI is InChI=1S/C14H20N2O3/c15-14(18)12(16-11-5-6-11)9-19-13-4-2-1-3-10(13)7-8-17/h1-4,11-12,16-17H,5-9H2,(H2,15,18). The van der Waals surface area contributed by atoms with Crippen LogP contribution < -0.4 is 15.8 Å². The quantitative estimate of drug-likeness (QED) is 0.626. The van der Waals surface area contributed by atoms with E-state index >= 15 is 0 Å². The fourth-order valence-electron chi connectivity index (χ4n) is 1.89. The Bertz CT molecular complexity index is 432. The van der Waals surface area contributed by atoms with Gasteiger partial charge in [0.15, 0.2) is 0 Å². The van der Waals surface area contributed by atoms with Crippen molar-refractivity contribution in [1.82, 2.24) is 5.32 Å². The molecule has 1 fully saturated rings. The molecule has 0 heterocycles. The summed E-state index contributed by atoms with van der Waals surface area (Å²) in [5.41, 5.74) is 6.28. The number of nitrogens with one attached hydrogen (secondary N) is 1. The molecule has 0 aromatic heterocycles. The largest absolute Gasteiger partial charge is 0.491 e. The molecule has 1 aliphatic carbocycles. The van der Waals surface area contributed by atoms with Crippen molar-refractivity contribution in [2.24, 2.45) is 5.73 Å². The van der Waals surface area contributed by atoms with Gasteiger partial charge in [0, 0.05) is 12.6 Å². The van der Waals surface area contributed by atoms with Gasteiger partial charge in [-0.05, 0) is 30.9 Å². The second kappa shape index (κ2) is 6.54. The smallest absolute Gasteiger partial charge is 0.238 e. The van der Waals surface area contributed by atoms with Crippen LogP contribution in [0.1, 0.15) is 18.4 Å². The van der Waals surface area contributed by atoms with Crippen LogP contribution in [0.4, 0.5) is 0 Å². The number of rotatable bonds is 8. The van der Waals surface area contributed by atoms with E-state index in [2.05, 4.69) is 5.32 Å². The molecule has 2 rings (SSSR count). The Morgan fingerprint density at radius 3 is 2.84 bits per heavy atom. The van der Waals surface area contributed by atoms with E-state index in [4.69, 9.17) is 15.6 Å². The van der Waals surface area contributed by atoms with Gasteiger partial charge in [0.05, 0.1) is 0 Å². The van der Waals surface area contributed by atoms with Crippen LogP contribution in [0.25, 0.3) is 0 Å². The summed E-state index contributed by atoms with van der Waals surface area (Å²) in [6, 6.07) is 7.43. The maximum absolute atomic E-state index is 11.3. The van der Waals surface area contributed by atoms with Crippen molar-refractivity contribution >= 4 is 5.91 Å². The summed E-state index contributed by atoms with van der Waals surface area (Å²) in [7, 11) is 0. The summed E-state index contributed by atoms with van der Waals surface area (Å²) in [4.78, 5) is 11.3. The Morgan fingerprint density at radius 1 is 1.47 bits per heavy atom. The molecule has 0 aliphatic heterocycles. The number of ether oxygens (including phenoxy) is 1. The van der Waals surface area contributed by atoms with Gasteiger partial charge < -0.3 is 20.9 Å². The number of amides is 1. The van der Waals surface area contributed by atoms with E-state index in [1.54, 1.807) is 0 Å². The fourth-order valence-corrected chi connectivity index (χ4v) is 1.89. The highest BCUT2D eigenvalue weighted by Gasteiger charge is 2.27. The van der Waals surface area contributed by atoms with Crippen molar-refractivity contribution in [1.29, 1.82) is 0 Å². The molecule has 0 saturated heterocycles. The van der Waals surface area contributed by atoms with E-state index < -0.39 is 11.9 Å². The summed E-state index contributed by atoms with van der Waals surface area (Å²) in [5, 5.41) is 12.2. The molecule has 1 saturated carbocycles. The molecule has 104 valence electrons. The number of primary amides is 1. The van der Waals surface area contributed by atoms with Gasteiger partial charge in [0.2, 0.25) is 5.91 Å². The number of hydrogen-bond acceptors (Lipinski definition) is 4. The van der Waals surface area contributed by atoms with Crippen LogP contribution in [-0.2, 0) is 11.2 Å². The van der Waals surface area contributed by atoms with Gasteiger partial charge in [0.1, 0.15) is 18.4 Å². The first kappa shape index (κ1) is 13.8. The highest BCUT2D eigenvalue weighted by Crippen LogP contribution is 2.21. The van der Waals surface area contributed by atoms with Gasteiger partial charge in [0.25, 0.3) is 0 Å². The third-order valence-corrected chi connectivity index (χ3v) is 3.12. The second-order valence-electron chi connectivity index (χ2n) is 4.79. The monoisotopic (exact) mass is 264 g/mol. The molecule has 1 atom stereocenters. The van der Waals surface area contributed by atoms with E-state index in [0.717, 1.165) is 18.4 Å². The van der Waals surface area contributed by atoms with E-state index in [1.807, 2.05) is 24.3 Å². The maximum atomic E-state index is 11.3. The van der Waals surface area contributed by atoms with Crippen molar-refractivity contribution in [3.63, 3.8) is 0 Å². The molecule has 19 heavy (non-hydrogen) atoms. The lowest BCUT2D eigenvalue weighted by Gasteiger charge is -2.17. The Kier molecular flexibility index (Phi) is 4.76. The highest BCUT2D eigenvalue weighted by molar-refractivity contribution is 5.80. The predicted octanol–water partition coefficient (Wildman–Crippen LogP) is 0.206. The van der Waals surface area contributed by atoms with Crippen LogP contribution in [-0.4, -0.2) is 36.3 Å². The Labute approximate surface area is 112 Å². The minimum Gasteiger partial charge on any atom is -0.491 e. The lowest BCUT2D eigenvalue weighted by molar-refractivity contribution is -0.120. The molecule has 0 spiro atoms. The zero-order chi connectivity index (χ0) is 13.7. The van der Waals surface area contributed by atoms with Crippen LogP contribution in [0, 0.1) is 0 Å². The number of nitrogens with two attached hydrogens (primary N) is 1. The molecular weight excluding hydrogens is 244 g/mol. The molecule has 1 unspecified atom stereocenters. The van der Waals surface area contributed by atoms with Gasteiger partial charge in [-0.1, -0.05) is 18.2 Å². The SMILES string of the molecule is NC(=O)C(COc1ccccc1CCO)NC1CC1. The summed E-state index contributed by atoms with van der Waals surface area (Å²) in [5.74, 6) is 0.298. The highest BCUT2D eigenvalue weighted by atomic mass is 16.5. The van der Waals surface area contributed by atoms with Gasteiger partial charge in [-0.15, -0.1) is 0 Å². The third kappa shape index (κ3) is 4.22. The zero-order valence-electron chi connectivity index (χ0n) is 10.8. The van der Waals surface area contributed by atoms with Crippen molar-refractivity contribution in [3.8, 4) is 5.75 Å². The topological polar surface area (TPSA) is 84.6 Å². The average Bonchev–Trinajstić information content (AvgIpc) is 3.20. The molecule has 0 bridgehead atoms. The molecule has 1 aliphatic rings.